The summed E-state index contributed by atoms with van der Waals surface area (Å²) in [6.45, 7) is 2.15. The van der Waals surface area contributed by atoms with Crippen molar-refractivity contribution in [3.63, 3.8) is 0 Å². The molecule has 0 aliphatic rings. The van der Waals surface area contributed by atoms with Crippen molar-refractivity contribution < 1.29 is 13.9 Å². The van der Waals surface area contributed by atoms with Crippen LogP contribution in [0.5, 0.6) is 5.75 Å². The number of carbonyl (C=O) groups excluding carboxylic acids is 1. The van der Waals surface area contributed by atoms with Crippen LogP contribution in [0, 0.1) is 12.7 Å². The molecular weight excluding hydrogens is 271 g/mol. The highest BCUT2D eigenvalue weighted by Gasteiger charge is 2.05. The topological polar surface area (TPSA) is 64.3 Å². The molecule has 0 spiro atoms. The second kappa shape index (κ2) is 6.85. The highest BCUT2D eigenvalue weighted by Crippen LogP contribution is 2.19. The quantitative estimate of drug-likeness (QED) is 0.504. The summed E-state index contributed by atoms with van der Waals surface area (Å²) in [5.41, 5.74) is 4.77. The van der Waals surface area contributed by atoms with Crippen LogP contribution < -0.4 is 16.0 Å². The number of hydrogen-bond donors (Lipinski definition) is 2. The summed E-state index contributed by atoms with van der Waals surface area (Å²) in [6.07, 6.45) is 0.226. The first-order chi connectivity index (χ1) is 10.1. The average Bonchev–Trinajstić information content (AvgIpc) is 2.49. The van der Waals surface area contributed by atoms with Crippen LogP contribution in [0.4, 0.5) is 4.39 Å². The maximum absolute atomic E-state index is 13.5. The van der Waals surface area contributed by atoms with Crippen molar-refractivity contribution in [1.82, 2.24) is 5.43 Å². The van der Waals surface area contributed by atoms with Crippen molar-refractivity contribution in [2.45, 2.75) is 20.0 Å². The standard InChI is InChI=1S/C16H17FN2O2/c1-11-2-7-14(17)15(8-11)21-10-13-5-3-12(4-6-13)9-16(20)19-18/h2-8H,9-10,18H2,1H3,(H,19,20). The Morgan fingerprint density at radius 3 is 2.52 bits per heavy atom. The number of hydrazine groups is 1. The van der Waals surface area contributed by atoms with E-state index in [1.165, 1.54) is 6.07 Å². The van der Waals surface area contributed by atoms with Crippen LogP contribution >= 0.6 is 0 Å². The molecule has 1 amide bonds. The lowest BCUT2D eigenvalue weighted by Crippen LogP contribution is -2.31. The third-order valence-corrected chi connectivity index (χ3v) is 3.03. The lowest BCUT2D eigenvalue weighted by atomic mass is 10.1. The molecule has 0 fully saturated rings. The first-order valence-corrected chi connectivity index (χ1v) is 6.54. The minimum Gasteiger partial charge on any atom is -0.486 e. The van der Waals surface area contributed by atoms with Gasteiger partial charge in [-0.05, 0) is 35.7 Å². The van der Waals surface area contributed by atoms with Crippen LogP contribution in [-0.2, 0) is 17.8 Å². The molecule has 4 nitrogen and oxygen atoms in total. The van der Waals surface area contributed by atoms with E-state index in [2.05, 4.69) is 5.43 Å². The minimum atomic E-state index is -0.378. The van der Waals surface area contributed by atoms with Crippen LogP contribution in [-0.4, -0.2) is 5.91 Å². The smallest absolute Gasteiger partial charge is 0.238 e. The average molecular weight is 288 g/mol. The first-order valence-electron chi connectivity index (χ1n) is 6.54. The van der Waals surface area contributed by atoms with Gasteiger partial charge in [0.2, 0.25) is 5.91 Å². The lowest BCUT2D eigenvalue weighted by molar-refractivity contribution is -0.120. The molecule has 21 heavy (non-hydrogen) atoms. The summed E-state index contributed by atoms with van der Waals surface area (Å²) in [5.74, 6) is 4.64. The van der Waals surface area contributed by atoms with E-state index in [9.17, 15) is 9.18 Å². The number of carbonyl (C=O) groups is 1. The molecule has 110 valence electrons. The number of halogens is 1. The molecule has 0 radical (unpaired) electrons. The molecule has 2 aromatic carbocycles. The van der Waals surface area contributed by atoms with Crippen LogP contribution in [0.15, 0.2) is 42.5 Å². The molecular formula is C16H17FN2O2. The number of nitrogens with two attached hydrogens (primary N) is 1. The Labute approximate surface area is 122 Å². The molecule has 0 unspecified atom stereocenters. The van der Waals surface area contributed by atoms with Gasteiger partial charge in [0.05, 0.1) is 6.42 Å². The molecule has 0 aliphatic carbocycles. The second-order valence-electron chi connectivity index (χ2n) is 4.78. The number of amides is 1. The van der Waals surface area contributed by atoms with E-state index in [4.69, 9.17) is 10.6 Å². The van der Waals surface area contributed by atoms with Crippen LogP contribution in [0.1, 0.15) is 16.7 Å². The highest BCUT2D eigenvalue weighted by molar-refractivity contribution is 5.77. The van der Waals surface area contributed by atoms with Crippen molar-refractivity contribution in [1.29, 1.82) is 0 Å². The van der Waals surface area contributed by atoms with Crippen molar-refractivity contribution in [3.8, 4) is 5.75 Å². The van der Waals surface area contributed by atoms with Crippen LogP contribution in [0.3, 0.4) is 0 Å². The maximum atomic E-state index is 13.5. The maximum Gasteiger partial charge on any atom is 0.238 e. The van der Waals surface area contributed by atoms with Gasteiger partial charge < -0.3 is 4.74 Å². The fraction of sp³-hybridized carbons (Fsp3) is 0.188. The van der Waals surface area contributed by atoms with E-state index < -0.39 is 0 Å². The highest BCUT2D eigenvalue weighted by atomic mass is 19.1. The number of aryl methyl sites for hydroxylation is 1. The Balaban J connectivity index is 1.97. The van der Waals surface area contributed by atoms with Crippen LogP contribution in [0.2, 0.25) is 0 Å². The third kappa shape index (κ3) is 4.29. The van der Waals surface area contributed by atoms with Crippen LogP contribution in [0.25, 0.3) is 0 Å². The van der Waals surface area contributed by atoms with Gasteiger partial charge in [-0.25, -0.2) is 10.2 Å². The van der Waals surface area contributed by atoms with E-state index in [0.29, 0.717) is 0 Å². The number of benzene rings is 2. The van der Waals surface area contributed by atoms with Gasteiger partial charge >= 0.3 is 0 Å². The summed E-state index contributed by atoms with van der Waals surface area (Å²) in [4.78, 5) is 11.1. The Hall–Kier alpha value is -2.40. The van der Waals surface area contributed by atoms with Gasteiger partial charge in [0.15, 0.2) is 11.6 Å². The number of nitrogens with one attached hydrogen (secondary N) is 1. The minimum absolute atomic E-state index is 0.226. The van der Waals surface area contributed by atoms with Gasteiger partial charge in [-0.3, -0.25) is 10.2 Å². The Morgan fingerprint density at radius 1 is 1.19 bits per heavy atom. The summed E-state index contributed by atoms with van der Waals surface area (Å²) < 4.78 is 19.0. The van der Waals surface area contributed by atoms with Gasteiger partial charge in [-0.1, -0.05) is 30.3 Å². The zero-order chi connectivity index (χ0) is 15.2. The molecule has 0 saturated carbocycles. The molecule has 0 saturated heterocycles. The molecule has 2 rings (SSSR count). The van der Waals surface area contributed by atoms with Gasteiger partial charge in [-0.15, -0.1) is 0 Å². The third-order valence-electron chi connectivity index (χ3n) is 3.03. The monoisotopic (exact) mass is 288 g/mol. The molecule has 0 bridgehead atoms. The fourth-order valence-corrected chi connectivity index (χ4v) is 1.87. The first kappa shape index (κ1) is 15.0. The SMILES string of the molecule is Cc1ccc(F)c(OCc2ccc(CC(=O)NN)cc2)c1. The second-order valence-corrected chi connectivity index (χ2v) is 4.78. The zero-order valence-electron chi connectivity index (χ0n) is 11.7. The Bertz CT molecular complexity index is 627. The lowest BCUT2D eigenvalue weighted by Gasteiger charge is -2.09. The van der Waals surface area contributed by atoms with Gasteiger partial charge in [0, 0.05) is 0 Å². The molecule has 3 N–H and O–H groups in total. The van der Waals surface area contributed by atoms with Crippen molar-refractivity contribution in [2.24, 2.45) is 5.84 Å². The van der Waals surface area contributed by atoms with E-state index in [1.807, 2.05) is 31.2 Å². The normalized spacial score (nSPS) is 10.2. The summed E-state index contributed by atoms with van der Waals surface area (Å²) in [5, 5.41) is 0. The molecule has 0 heterocycles. The van der Waals surface area contributed by atoms with Crippen molar-refractivity contribution in [3.05, 3.63) is 65.0 Å². The Morgan fingerprint density at radius 2 is 1.86 bits per heavy atom. The van der Waals surface area contributed by atoms with Gasteiger partial charge in [0.25, 0.3) is 0 Å². The van der Waals surface area contributed by atoms with Crippen molar-refractivity contribution >= 4 is 5.91 Å². The molecule has 0 aromatic heterocycles. The zero-order valence-corrected chi connectivity index (χ0v) is 11.7. The van der Waals surface area contributed by atoms with E-state index in [-0.39, 0.29) is 30.5 Å². The van der Waals surface area contributed by atoms with Gasteiger partial charge in [0.1, 0.15) is 6.61 Å². The molecule has 2 aromatic rings. The fourth-order valence-electron chi connectivity index (χ4n) is 1.87. The number of rotatable bonds is 5. The Kier molecular flexibility index (Phi) is 4.90. The van der Waals surface area contributed by atoms with Crippen molar-refractivity contribution in [2.75, 3.05) is 0 Å². The predicted octanol–water partition coefficient (Wildman–Crippen LogP) is 2.25. The molecule has 0 aliphatic heterocycles. The summed E-state index contributed by atoms with van der Waals surface area (Å²) in [6, 6.07) is 12.1. The molecule has 0 atom stereocenters. The van der Waals surface area contributed by atoms with Gasteiger partial charge in [-0.2, -0.15) is 0 Å². The summed E-state index contributed by atoms with van der Waals surface area (Å²) >= 11 is 0. The number of ether oxygens (including phenoxy) is 1. The predicted molar refractivity (Wildman–Crippen MR) is 77.9 cm³/mol. The van der Waals surface area contributed by atoms with E-state index in [1.54, 1.807) is 12.1 Å². The largest absolute Gasteiger partial charge is 0.486 e. The van der Waals surface area contributed by atoms with E-state index >= 15 is 0 Å². The number of hydrogen-bond acceptors (Lipinski definition) is 3. The van der Waals surface area contributed by atoms with E-state index in [0.717, 1.165) is 16.7 Å². The summed E-state index contributed by atoms with van der Waals surface area (Å²) in [7, 11) is 0. The molecule has 5 heteroatoms.